The summed E-state index contributed by atoms with van der Waals surface area (Å²) in [6.07, 6.45) is 0.777. The van der Waals surface area contributed by atoms with Crippen LogP contribution in [0, 0.1) is 5.82 Å². The van der Waals surface area contributed by atoms with Gasteiger partial charge in [0.05, 0.1) is 4.88 Å². The third-order valence-corrected chi connectivity index (χ3v) is 3.79. The summed E-state index contributed by atoms with van der Waals surface area (Å²) in [7, 11) is 0. The maximum Gasteiger partial charge on any atom is 0.261 e. The van der Waals surface area contributed by atoms with Crippen LogP contribution >= 0.6 is 11.3 Å². The molecule has 102 valence electrons. The number of halogens is 1. The van der Waals surface area contributed by atoms with E-state index < -0.39 is 0 Å². The molecule has 1 heterocycles. The highest BCUT2D eigenvalue weighted by molar-refractivity contribution is 7.20. The first kappa shape index (κ1) is 14.0. The van der Waals surface area contributed by atoms with Crippen LogP contribution in [0.2, 0.25) is 0 Å². The van der Waals surface area contributed by atoms with Gasteiger partial charge in [0.2, 0.25) is 0 Å². The molecule has 2 rings (SSSR count). The molecule has 0 radical (unpaired) electrons. The molecular weight excluding hydrogens is 265 g/mol. The second-order valence-electron chi connectivity index (χ2n) is 4.07. The van der Waals surface area contributed by atoms with Crippen molar-refractivity contribution in [1.29, 1.82) is 0 Å². The number of carbonyl (C=O) groups is 1. The number of carbonyl (C=O) groups excluding carboxylic acids is 1. The standard InChI is InChI=1S/C14H16FNO2S/c1-2-18-8-4-7-16-14(17)13-9-10-11(15)5-3-6-12(10)19-13/h3,5-6,9H,2,4,7-8H2,1H3,(H,16,17). The van der Waals surface area contributed by atoms with Gasteiger partial charge < -0.3 is 10.1 Å². The van der Waals surface area contributed by atoms with Gasteiger partial charge in [-0.2, -0.15) is 0 Å². The topological polar surface area (TPSA) is 38.3 Å². The largest absolute Gasteiger partial charge is 0.382 e. The third-order valence-electron chi connectivity index (χ3n) is 2.69. The van der Waals surface area contributed by atoms with Gasteiger partial charge in [-0.25, -0.2) is 4.39 Å². The van der Waals surface area contributed by atoms with Crippen molar-refractivity contribution in [2.24, 2.45) is 0 Å². The molecule has 0 saturated carbocycles. The van der Waals surface area contributed by atoms with E-state index in [1.54, 1.807) is 12.1 Å². The normalized spacial score (nSPS) is 10.8. The zero-order chi connectivity index (χ0) is 13.7. The van der Waals surface area contributed by atoms with Gasteiger partial charge in [0.25, 0.3) is 5.91 Å². The summed E-state index contributed by atoms with van der Waals surface area (Å²) in [6, 6.07) is 6.47. The fourth-order valence-electron chi connectivity index (χ4n) is 1.74. The first-order valence-corrected chi connectivity index (χ1v) is 7.08. The molecule has 0 spiro atoms. The highest BCUT2D eigenvalue weighted by atomic mass is 32.1. The molecule has 19 heavy (non-hydrogen) atoms. The average Bonchev–Trinajstić information content (AvgIpc) is 2.84. The van der Waals surface area contributed by atoms with Crippen LogP contribution in [0.15, 0.2) is 24.3 Å². The van der Waals surface area contributed by atoms with Gasteiger partial charge in [0.15, 0.2) is 0 Å². The van der Waals surface area contributed by atoms with Gasteiger partial charge in [0, 0.05) is 29.8 Å². The van der Waals surface area contributed by atoms with Crippen LogP contribution < -0.4 is 5.32 Å². The Morgan fingerprint density at radius 1 is 1.47 bits per heavy atom. The summed E-state index contributed by atoms with van der Waals surface area (Å²) in [6.45, 7) is 3.82. The van der Waals surface area contributed by atoms with Gasteiger partial charge in [-0.05, 0) is 31.5 Å². The molecule has 5 heteroatoms. The number of amides is 1. The van der Waals surface area contributed by atoms with Crippen molar-refractivity contribution in [3.05, 3.63) is 35.0 Å². The molecule has 0 aliphatic rings. The average molecular weight is 281 g/mol. The lowest BCUT2D eigenvalue weighted by molar-refractivity contribution is 0.0948. The molecule has 0 atom stereocenters. The number of nitrogens with one attached hydrogen (secondary N) is 1. The van der Waals surface area contributed by atoms with Crippen molar-refractivity contribution in [3.63, 3.8) is 0 Å². The fourth-order valence-corrected chi connectivity index (χ4v) is 2.74. The van der Waals surface area contributed by atoms with Crippen LogP contribution in [0.25, 0.3) is 10.1 Å². The van der Waals surface area contributed by atoms with E-state index in [0.29, 0.717) is 30.0 Å². The molecule has 1 aromatic heterocycles. The second kappa shape index (κ2) is 6.63. The maximum atomic E-state index is 13.5. The summed E-state index contributed by atoms with van der Waals surface area (Å²) >= 11 is 1.30. The number of rotatable bonds is 6. The molecule has 3 nitrogen and oxygen atoms in total. The maximum absolute atomic E-state index is 13.5. The van der Waals surface area contributed by atoms with E-state index >= 15 is 0 Å². The first-order valence-electron chi connectivity index (χ1n) is 6.26. The lowest BCUT2D eigenvalue weighted by Gasteiger charge is -2.03. The Labute approximate surface area is 115 Å². The summed E-state index contributed by atoms with van der Waals surface area (Å²) in [5.74, 6) is -0.443. The van der Waals surface area contributed by atoms with Crippen LogP contribution in [0.5, 0.6) is 0 Å². The summed E-state index contributed by atoms with van der Waals surface area (Å²) < 4.78 is 19.5. The lowest BCUT2D eigenvalue weighted by atomic mass is 10.2. The minimum atomic E-state index is -0.288. The Kier molecular flexibility index (Phi) is 4.87. The van der Waals surface area contributed by atoms with Crippen LogP contribution in [0.4, 0.5) is 4.39 Å². The molecule has 1 amide bonds. The molecule has 2 aromatic rings. The van der Waals surface area contributed by atoms with Crippen LogP contribution in [-0.2, 0) is 4.74 Å². The predicted octanol–water partition coefficient (Wildman–Crippen LogP) is 3.20. The Hall–Kier alpha value is -1.46. The predicted molar refractivity (Wildman–Crippen MR) is 75.2 cm³/mol. The first-order chi connectivity index (χ1) is 9.22. The molecule has 1 N–H and O–H groups in total. The monoisotopic (exact) mass is 281 g/mol. The lowest BCUT2D eigenvalue weighted by Crippen LogP contribution is -2.24. The Bertz CT molecular complexity index is 568. The minimum Gasteiger partial charge on any atom is -0.382 e. The number of hydrogen-bond acceptors (Lipinski definition) is 3. The minimum absolute atomic E-state index is 0.155. The third kappa shape index (κ3) is 3.52. The van der Waals surface area contributed by atoms with Crippen molar-refractivity contribution in [2.75, 3.05) is 19.8 Å². The molecule has 0 unspecified atom stereocenters. The van der Waals surface area contributed by atoms with E-state index in [4.69, 9.17) is 4.74 Å². The number of benzene rings is 1. The van der Waals surface area contributed by atoms with E-state index in [-0.39, 0.29) is 11.7 Å². The summed E-state index contributed by atoms with van der Waals surface area (Å²) in [5.41, 5.74) is 0. The van der Waals surface area contributed by atoms with E-state index in [9.17, 15) is 9.18 Å². The van der Waals surface area contributed by atoms with Gasteiger partial charge in [-0.1, -0.05) is 6.07 Å². The SMILES string of the molecule is CCOCCCNC(=O)c1cc2c(F)cccc2s1. The van der Waals surface area contributed by atoms with Crippen LogP contribution in [-0.4, -0.2) is 25.7 Å². The van der Waals surface area contributed by atoms with Gasteiger partial charge in [-0.3, -0.25) is 4.79 Å². The van der Waals surface area contributed by atoms with Gasteiger partial charge in [0.1, 0.15) is 5.82 Å². The fraction of sp³-hybridized carbons (Fsp3) is 0.357. The van der Waals surface area contributed by atoms with Gasteiger partial charge >= 0.3 is 0 Å². The molecule has 1 aromatic carbocycles. The zero-order valence-corrected chi connectivity index (χ0v) is 11.6. The van der Waals surface area contributed by atoms with Crippen molar-refractivity contribution >= 4 is 27.3 Å². The highest BCUT2D eigenvalue weighted by Gasteiger charge is 2.11. The molecular formula is C14H16FNO2S. The van der Waals surface area contributed by atoms with E-state index in [2.05, 4.69) is 5.32 Å². The van der Waals surface area contributed by atoms with E-state index in [0.717, 1.165) is 11.1 Å². The summed E-state index contributed by atoms with van der Waals surface area (Å²) in [4.78, 5) is 12.4. The van der Waals surface area contributed by atoms with Crippen LogP contribution in [0.3, 0.4) is 0 Å². The Morgan fingerprint density at radius 2 is 2.32 bits per heavy atom. The quantitative estimate of drug-likeness (QED) is 0.826. The zero-order valence-electron chi connectivity index (χ0n) is 10.7. The number of ether oxygens (including phenoxy) is 1. The Morgan fingerprint density at radius 3 is 3.05 bits per heavy atom. The second-order valence-corrected chi connectivity index (χ2v) is 5.15. The van der Waals surface area contributed by atoms with Crippen molar-refractivity contribution in [2.45, 2.75) is 13.3 Å². The highest BCUT2D eigenvalue weighted by Crippen LogP contribution is 2.27. The van der Waals surface area contributed by atoms with Crippen molar-refractivity contribution in [3.8, 4) is 0 Å². The smallest absolute Gasteiger partial charge is 0.261 e. The summed E-state index contributed by atoms with van der Waals surface area (Å²) in [5, 5.41) is 3.31. The number of thiophene rings is 1. The van der Waals surface area contributed by atoms with Crippen molar-refractivity contribution in [1.82, 2.24) is 5.32 Å². The number of fused-ring (bicyclic) bond motifs is 1. The van der Waals surface area contributed by atoms with E-state index in [1.165, 1.54) is 17.4 Å². The van der Waals surface area contributed by atoms with Crippen molar-refractivity contribution < 1.29 is 13.9 Å². The molecule has 0 aliphatic carbocycles. The van der Waals surface area contributed by atoms with E-state index in [1.807, 2.05) is 13.0 Å². The molecule has 0 aliphatic heterocycles. The molecule has 0 saturated heterocycles. The Balaban J connectivity index is 1.96. The van der Waals surface area contributed by atoms with Gasteiger partial charge in [-0.15, -0.1) is 11.3 Å². The molecule has 0 fully saturated rings. The van der Waals surface area contributed by atoms with Crippen LogP contribution in [0.1, 0.15) is 23.0 Å². The number of hydrogen-bond donors (Lipinski definition) is 1. The molecule has 0 bridgehead atoms.